The van der Waals surface area contributed by atoms with Crippen molar-refractivity contribution in [3.63, 3.8) is 0 Å². The number of methoxy groups -OCH3 is 1. The van der Waals surface area contributed by atoms with Gasteiger partial charge in [0.25, 0.3) is 11.8 Å². The monoisotopic (exact) mass is 824 g/mol. The Morgan fingerprint density at radius 2 is 1.20 bits per heavy atom. The van der Waals surface area contributed by atoms with Crippen LogP contribution in [0.4, 0.5) is 9.59 Å². The molecule has 0 radical (unpaired) electrons. The smallest absolute Gasteiger partial charge is 0.407 e. The SMILES string of the molecule is COC(=O)N[C@@H](C(=O)N1CCC[C@H]1c1nc(C23CCC(c4ccc(-c5c[nH]c([C@@H]6CCCN6C(=O)[C@H](NC(=O)O)c6ccccc6)n5)cc4)(CC2)CC3)c[nH]1)c1ccccc1. The van der Waals surface area contributed by atoms with E-state index < -0.39 is 24.3 Å². The fourth-order valence-corrected chi connectivity index (χ4v) is 10.6. The van der Waals surface area contributed by atoms with E-state index in [1.807, 2.05) is 47.5 Å². The Bertz CT molecular complexity index is 2360. The summed E-state index contributed by atoms with van der Waals surface area (Å²) in [6.07, 6.45) is 11.6. The van der Waals surface area contributed by atoms with Crippen LogP contribution in [-0.2, 0) is 25.2 Å². The Labute approximate surface area is 354 Å². The molecular formula is C47H52N8O6. The molecule has 5 aliphatic rings. The number of aromatic nitrogens is 4. The molecule has 2 aliphatic heterocycles. The van der Waals surface area contributed by atoms with Crippen molar-refractivity contribution in [2.45, 2.75) is 99.2 Å². The van der Waals surface area contributed by atoms with Crippen molar-refractivity contribution in [2.75, 3.05) is 20.2 Å². The number of fused-ring (bicyclic) bond motifs is 3. The highest BCUT2D eigenvalue weighted by atomic mass is 16.5. The molecule has 3 aliphatic carbocycles. The average molecular weight is 825 g/mol. The number of H-pyrrole nitrogens is 2. The molecule has 10 rings (SSSR count). The van der Waals surface area contributed by atoms with E-state index >= 15 is 0 Å². The maximum absolute atomic E-state index is 14.0. The number of nitrogens with zero attached hydrogens (tertiary/aromatic N) is 4. The predicted octanol–water partition coefficient (Wildman–Crippen LogP) is 7.78. The fraction of sp³-hybridized carbons (Fsp3) is 0.404. The van der Waals surface area contributed by atoms with Crippen molar-refractivity contribution >= 4 is 24.0 Å². The van der Waals surface area contributed by atoms with Gasteiger partial charge in [0.2, 0.25) is 0 Å². The van der Waals surface area contributed by atoms with Crippen LogP contribution in [0.1, 0.15) is 122 Å². The van der Waals surface area contributed by atoms with Crippen molar-refractivity contribution in [3.05, 3.63) is 131 Å². The third kappa shape index (κ3) is 7.64. The first-order chi connectivity index (χ1) is 29.7. The minimum atomic E-state index is -1.25. The average Bonchev–Trinajstić information content (AvgIpc) is 4.16. The topological polar surface area (TPSA) is 186 Å². The van der Waals surface area contributed by atoms with Gasteiger partial charge in [0, 0.05) is 36.5 Å². The summed E-state index contributed by atoms with van der Waals surface area (Å²) in [6.45, 7) is 1.11. The molecular weight excluding hydrogens is 773 g/mol. The fourth-order valence-electron chi connectivity index (χ4n) is 10.6. The van der Waals surface area contributed by atoms with Gasteiger partial charge in [-0.05, 0) is 86.3 Å². The predicted molar refractivity (Wildman–Crippen MR) is 226 cm³/mol. The van der Waals surface area contributed by atoms with Gasteiger partial charge < -0.3 is 40.2 Å². The first kappa shape index (κ1) is 40.0. The molecule has 3 aromatic carbocycles. The van der Waals surface area contributed by atoms with E-state index in [0.717, 1.165) is 87.0 Å². The lowest BCUT2D eigenvalue weighted by atomic mass is 9.51. The number of carbonyl (C=O) groups is 4. The Kier molecular flexibility index (Phi) is 10.8. The number of aromatic amines is 2. The summed E-state index contributed by atoms with van der Waals surface area (Å²) in [5, 5.41) is 14.7. The highest BCUT2D eigenvalue weighted by Crippen LogP contribution is 2.58. The van der Waals surface area contributed by atoms with Gasteiger partial charge in [-0.3, -0.25) is 9.59 Å². The molecule has 5 fully saturated rings. The van der Waals surface area contributed by atoms with E-state index in [-0.39, 0.29) is 34.7 Å². The zero-order valence-electron chi connectivity index (χ0n) is 34.3. The van der Waals surface area contributed by atoms with Crippen LogP contribution in [0.15, 0.2) is 97.3 Å². The summed E-state index contributed by atoms with van der Waals surface area (Å²) in [5.41, 5.74) is 5.64. The number of carbonyl (C=O) groups excluding carboxylic acids is 3. The molecule has 5 N–H and O–H groups in total. The number of hydrogen-bond donors (Lipinski definition) is 5. The Hall–Kier alpha value is -6.44. The third-order valence-corrected chi connectivity index (χ3v) is 14.0. The van der Waals surface area contributed by atoms with Crippen molar-refractivity contribution < 1.29 is 29.0 Å². The molecule has 4 atom stereocenters. The number of imidazole rings is 2. The van der Waals surface area contributed by atoms with Gasteiger partial charge in [-0.1, -0.05) is 84.9 Å². The number of hydrogen-bond acceptors (Lipinski definition) is 7. The van der Waals surface area contributed by atoms with E-state index in [4.69, 9.17) is 14.7 Å². The molecule has 0 spiro atoms. The zero-order valence-corrected chi connectivity index (χ0v) is 34.3. The molecule has 0 unspecified atom stereocenters. The molecule has 4 heterocycles. The molecule has 5 aromatic rings. The van der Waals surface area contributed by atoms with Gasteiger partial charge in [0.05, 0.1) is 30.6 Å². The standard InChI is InChI=1S/C47H52N8O6/c1-61-45(60)53-39(32-12-6-3-7-13-32)43(57)55-27-9-15-36(55)41-49-29-37(51-41)47-23-20-46(21-24-47,22-25-47)33-18-16-30(17-19-33)34-28-48-40(50-34)35-14-8-26-54(35)42(56)38(52-44(58)59)31-10-4-2-5-11-31/h2-7,10-13,16-19,28-29,35-36,38-39,52H,8-9,14-15,20-27H2,1H3,(H,48,50)(H,49,51)(H,53,60)(H,58,59)/t35-,36-,38+,39+,46?,47?/m0/s1. The van der Waals surface area contributed by atoms with Gasteiger partial charge in [0.15, 0.2) is 0 Å². The summed E-state index contributed by atoms with van der Waals surface area (Å²) >= 11 is 0. The number of nitrogens with one attached hydrogen (secondary N) is 4. The lowest BCUT2D eigenvalue weighted by molar-refractivity contribution is -0.135. The van der Waals surface area contributed by atoms with Gasteiger partial charge in [-0.2, -0.15) is 0 Å². The number of benzene rings is 3. The maximum atomic E-state index is 14.0. The van der Waals surface area contributed by atoms with Crippen LogP contribution < -0.4 is 10.6 Å². The highest BCUT2D eigenvalue weighted by Gasteiger charge is 2.51. The Morgan fingerprint density at radius 1 is 0.689 bits per heavy atom. The minimum Gasteiger partial charge on any atom is -0.465 e. The number of amides is 4. The van der Waals surface area contributed by atoms with E-state index in [9.17, 15) is 24.3 Å². The lowest BCUT2D eigenvalue weighted by Gasteiger charge is -2.53. The number of alkyl carbamates (subject to hydrolysis) is 1. The van der Waals surface area contributed by atoms with Crippen LogP contribution in [0, 0.1) is 0 Å². The van der Waals surface area contributed by atoms with Crippen LogP contribution in [0.5, 0.6) is 0 Å². The quantitative estimate of drug-likeness (QED) is 0.0894. The zero-order chi connectivity index (χ0) is 42.1. The van der Waals surface area contributed by atoms with E-state index in [2.05, 4.69) is 51.1 Å². The van der Waals surface area contributed by atoms with Crippen LogP contribution in [0.2, 0.25) is 0 Å². The minimum absolute atomic E-state index is 0.00531. The lowest BCUT2D eigenvalue weighted by Crippen LogP contribution is -2.46. The van der Waals surface area contributed by atoms with Gasteiger partial charge in [0.1, 0.15) is 23.7 Å². The maximum Gasteiger partial charge on any atom is 0.407 e. The van der Waals surface area contributed by atoms with Crippen molar-refractivity contribution in [2.24, 2.45) is 0 Å². The molecule has 2 bridgehead atoms. The molecule has 61 heavy (non-hydrogen) atoms. The summed E-state index contributed by atoms with van der Waals surface area (Å²) < 4.78 is 4.87. The summed E-state index contributed by atoms with van der Waals surface area (Å²) in [4.78, 5) is 72.4. The first-order valence-electron chi connectivity index (χ1n) is 21.4. The van der Waals surface area contributed by atoms with Crippen molar-refractivity contribution in [1.82, 2.24) is 40.4 Å². The number of carboxylic acid groups (broad SMARTS) is 1. The molecule has 2 saturated heterocycles. The normalized spacial score (nSPS) is 24.3. The van der Waals surface area contributed by atoms with Gasteiger partial charge in [-0.15, -0.1) is 0 Å². The number of likely N-dealkylation sites (tertiary alicyclic amines) is 2. The highest BCUT2D eigenvalue weighted by molar-refractivity contribution is 5.88. The molecule has 14 nitrogen and oxygen atoms in total. The second kappa shape index (κ2) is 16.5. The van der Waals surface area contributed by atoms with Crippen LogP contribution in [-0.4, -0.2) is 79.0 Å². The van der Waals surface area contributed by atoms with Gasteiger partial charge in [-0.25, -0.2) is 19.6 Å². The van der Waals surface area contributed by atoms with Crippen LogP contribution >= 0.6 is 0 Å². The van der Waals surface area contributed by atoms with Crippen molar-refractivity contribution in [3.8, 4) is 11.3 Å². The van der Waals surface area contributed by atoms with Gasteiger partial charge >= 0.3 is 12.2 Å². The Balaban J connectivity index is 0.853. The first-order valence-corrected chi connectivity index (χ1v) is 21.4. The molecule has 4 amide bonds. The third-order valence-electron chi connectivity index (χ3n) is 14.0. The summed E-state index contributed by atoms with van der Waals surface area (Å²) in [5.74, 6) is 1.04. The van der Waals surface area contributed by atoms with E-state index in [1.54, 1.807) is 29.2 Å². The van der Waals surface area contributed by atoms with E-state index in [1.165, 1.54) is 12.7 Å². The molecule has 316 valence electrons. The number of ether oxygens (including phenoxy) is 1. The van der Waals surface area contributed by atoms with Crippen LogP contribution in [0.3, 0.4) is 0 Å². The second-order valence-corrected chi connectivity index (χ2v) is 17.1. The Morgan fingerprint density at radius 3 is 1.74 bits per heavy atom. The molecule has 3 saturated carbocycles. The van der Waals surface area contributed by atoms with Crippen LogP contribution in [0.25, 0.3) is 11.3 Å². The molecule has 2 aromatic heterocycles. The summed E-state index contributed by atoms with van der Waals surface area (Å²) in [7, 11) is 1.30. The largest absolute Gasteiger partial charge is 0.465 e. The number of rotatable bonds is 11. The molecule has 14 heteroatoms. The van der Waals surface area contributed by atoms with Crippen molar-refractivity contribution in [1.29, 1.82) is 0 Å². The second-order valence-electron chi connectivity index (χ2n) is 17.1. The summed E-state index contributed by atoms with van der Waals surface area (Å²) in [6, 6.07) is 24.7. The van der Waals surface area contributed by atoms with E-state index in [0.29, 0.717) is 30.0 Å².